The summed E-state index contributed by atoms with van der Waals surface area (Å²) in [6.45, 7) is 2.94. The molecule has 1 heterocycles. The summed E-state index contributed by atoms with van der Waals surface area (Å²) in [5.74, 6) is -1.29. The van der Waals surface area contributed by atoms with Crippen LogP contribution in [0.25, 0.3) is 0 Å². The quantitative estimate of drug-likeness (QED) is 0.635. The van der Waals surface area contributed by atoms with E-state index in [2.05, 4.69) is 16.0 Å². The lowest BCUT2D eigenvalue weighted by molar-refractivity contribution is -0.135. The van der Waals surface area contributed by atoms with Crippen molar-refractivity contribution in [1.29, 1.82) is 0 Å². The molecule has 156 valence electrons. The van der Waals surface area contributed by atoms with Gasteiger partial charge in [-0.1, -0.05) is 60.7 Å². The average Bonchev–Trinajstić information content (AvgIpc) is 2.93. The number of nitrogens with one attached hydrogen (secondary N) is 3. The van der Waals surface area contributed by atoms with Gasteiger partial charge in [0.2, 0.25) is 5.91 Å². The minimum atomic E-state index is -1.33. The molecule has 1 saturated heterocycles. The van der Waals surface area contributed by atoms with Gasteiger partial charge in [0.25, 0.3) is 5.91 Å². The van der Waals surface area contributed by atoms with Crippen LogP contribution in [0.5, 0.6) is 0 Å². The van der Waals surface area contributed by atoms with E-state index in [-0.39, 0.29) is 12.5 Å². The summed E-state index contributed by atoms with van der Waals surface area (Å²) in [7, 11) is 0. The molecule has 3 N–H and O–H groups in total. The van der Waals surface area contributed by atoms with Gasteiger partial charge in [-0.25, -0.2) is 9.59 Å². The second-order valence-corrected chi connectivity index (χ2v) is 7.43. The molecule has 8 heteroatoms. The number of imide groups is 2. The monoisotopic (exact) mass is 408 g/mol. The summed E-state index contributed by atoms with van der Waals surface area (Å²) in [5.41, 5.74) is 0.144. The van der Waals surface area contributed by atoms with Crippen molar-refractivity contribution < 1.29 is 19.2 Å². The van der Waals surface area contributed by atoms with E-state index in [1.807, 2.05) is 36.4 Å². The Balaban J connectivity index is 1.85. The highest BCUT2D eigenvalue weighted by Crippen LogP contribution is 2.32. The summed E-state index contributed by atoms with van der Waals surface area (Å²) in [4.78, 5) is 50.9. The van der Waals surface area contributed by atoms with Crippen molar-refractivity contribution >= 4 is 23.9 Å². The lowest BCUT2D eigenvalue weighted by Gasteiger charge is -2.27. The van der Waals surface area contributed by atoms with Crippen molar-refractivity contribution in [2.24, 2.45) is 0 Å². The van der Waals surface area contributed by atoms with E-state index < -0.39 is 36.0 Å². The third-order valence-corrected chi connectivity index (χ3v) is 4.73. The number of hydrogen-bond acceptors (Lipinski definition) is 4. The molecule has 3 rings (SSSR count). The molecular formula is C22H24N4O4. The van der Waals surface area contributed by atoms with Crippen molar-refractivity contribution in [2.45, 2.75) is 31.8 Å². The number of carbonyl (C=O) groups excluding carboxylic acids is 4. The van der Waals surface area contributed by atoms with Gasteiger partial charge in [0.05, 0.1) is 0 Å². The summed E-state index contributed by atoms with van der Waals surface area (Å²) in [6.07, 6.45) is 0.231. The smallest absolute Gasteiger partial charge is 0.325 e. The molecule has 0 spiro atoms. The maximum Gasteiger partial charge on any atom is 0.325 e. The molecule has 0 aromatic heterocycles. The average molecular weight is 408 g/mol. The highest BCUT2D eigenvalue weighted by atomic mass is 16.2. The normalized spacial score (nSPS) is 18.3. The fraction of sp³-hybridized carbons (Fsp3) is 0.273. The first kappa shape index (κ1) is 21.0. The van der Waals surface area contributed by atoms with Gasteiger partial charge >= 0.3 is 12.1 Å². The molecule has 0 saturated carbocycles. The summed E-state index contributed by atoms with van der Waals surface area (Å²) in [6, 6.07) is 16.7. The number of amides is 6. The first-order valence-corrected chi connectivity index (χ1v) is 9.66. The molecular weight excluding hydrogens is 384 g/mol. The van der Waals surface area contributed by atoms with Crippen molar-refractivity contribution in [2.75, 3.05) is 6.54 Å². The molecule has 1 fully saturated rings. The second-order valence-electron chi connectivity index (χ2n) is 7.43. The summed E-state index contributed by atoms with van der Waals surface area (Å²) >= 11 is 0. The van der Waals surface area contributed by atoms with Gasteiger partial charge in [0, 0.05) is 12.5 Å². The van der Waals surface area contributed by atoms with Crippen LogP contribution in [0.2, 0.25) is 0 Å². The van der Waals surface area contributed by atoms with E-state index in [0.29, 0.717) is 5.56 Å². The molecule has 6 amide bonds. The van der Waals surface area contributed by atoms with Crippen LogP contribution in [0.1, 0.15) is 25.0 Å². The van der Waals surface area contributed by atoms with Crippen LogP contribution < -0.4 is 16.0 Å². The van der Waals surface area contributed by atoms with Gasteiger partial charge in [-0.15, -0.1) is 0 Å². The Kier molecular flexibility index (Phi) is 6.15. The Bertz CT molecular complexity index is 946. The van der Waals surface area contributed by atoms with Crippen LogP contribution >= 0.6 is 0 Å². The molecule has 0 bridgehead atoms. The van der Waals surface area contributed by atoms with Crippen LogP contribution in [0, 0.1) is 0 Å². The first-order chi connectivity index (χ1) is 14.3. The van der Waals surface area contributed by atoms with Gasteiger partial charge in [-0.05, 0) is 25.0 Å². The van der Waals surface area contributed by atoms with Crippen molar-refractivity contribution in [3.63, 3.8) is 0 Å². The van der Waals surface area contributed by atoms with E-state index in [1.54, 1.807) is 38.1 Å². The summed E-state index contributed by atoms with van der Waals surface area (Å²) in [5, 5.41) is 7.43. The number of urea groups is 2. The molecule has 2 aromatic rings. The van der Waals surface area contributed by atoms with E-state index in [4.69, 9.17) is 0 Å². The maximum absolute atomic E-state index is 13.4. The third kappa shape index (κ3) is 4.48. The molecule has 0 radical (unpaired) electrons. The van der Waals surface area contributed by atoms with Crippen LogP contribution in [0.3, 0.4) is 0 Å². The van der Waals surface area contributed by atoms with Gasteiger partial charge in [0.1, 0.15) is 6.54 Å². The van der Waals surface area contributed by atoms with E-state index in [0.717, 1.165) is 10.5 Å². The van der Waals surface area contributed by atoms with Crippen molar-refractivity contribution in [3.05, 3.63) is 71.8 Å². The summed E-state index contributed by atoms with van der Waals surface area (Å²) < 4.78 is 0. The molecule has 1 atom stereocenters. The van der Waals surface area contributed by atoms with Gasteiger partial charge < -0.3 is 10.6 Å². The first-order valence-electron chi connectivity index (χ1n) is 9.66. The molecule has 0 unspecified atom stereocenters. The Morgan fingerprint density at radius 1 is 1.00 bits per heavy atom. The number of benzene rings is 2. The lowest BCUT2D eigenvalue weighted by atomic mass is 9.83. The predicted octanol–water partition coefficient (Wildman–Crippen LogP) is 1.91. The van der Waals surface area contributed by atoms with Gasteiger partial charge in [0.15, 0.2) is 5.54 Å². The molecule has 1 aliphatic heterocycles. The van der Waals surface area contributed by atoms with Crippen molar-refractivity contribution in [3.8, 4) is 0 Å². The number of rotatable bonds is 6. The van der Waals surface area contributed by atoms with Crippen LogP contribution in [0.4, 0.5) is 9.59 Å². The number of carbonyl (C=O) groups is 4. The molecule has 8 nitrogen and oxygen atoms in total. The molecule has 1 aliphatic rings. The zero-order valence-electron chi connectivity index (χ0n) is 16.8. The zero-order chi connectivity index (χ0) is 21.7. The maximum atomic E-state index is 13.4. The Labute approximate surface area is 174 Å². The van der Waals surface area contributed by atoms with Crippen LogP contribution in [-0.4, -0.2) is 41.4 Å². The number of hydrogen-bond donors (Lipinski definition) is 3. The van der Waals surface area contributed by atoms with E-state index in [1.165, 1.54) is 0 Å². The fourth-order valence-corrected chi connectivity index (χ4v) is 3.42. The zero-order valence-corrected chi connectivity index (χ0v) is 16.8. The lowest BCUT2D eigenvalue weighted by Crippen LogP contribution is -2.49. The van der Waals surface area contributed by atoms with Crippen LogP contribution in [0.15, 0.2) is 60.7 Å². The standard InChI is InChI=1S/C22H24N4O4/c1-15(2)23-20(29)24-18(27)14-26-19(28)22(25-21(26)30,17-11-7-4-8-12-17)13-16-9-5-3-6-10-16/h3-12,15H,13-14H2,1-2H3,(H,25,30)(H2,23,24,27,29)/t22-/m0/s1. The highest BCUT2D eigenvalue weighted by Gasteiger charge is 2.52. The Morgan fingerprint density at radius 2 is 1.60 bits per heavy atom. The topological polar surface area (TPSA) is 108 Å². The van der Waals surface area contributed by atoms with Gasteiger partial charge in [-0.3, -0.25) is 19.8 Å². The largest absolute Gasteiger partial charge is 0.336 e. The Morgan fingerprint density at radius 3 is 2.20 bits per heavy atom. The predicted molar refractivity (Wildman–Crippen MR) is 110 cm³/mol. The van der Waals surface area contributed by atoms with Crippen LogP contribution in [-0.2, 0) is 21.5 Å². The minimum Gasteiger partial charge on any atom is -0.336 e. The van der Waals surface area contributed by atoms with Crippen molar-refractivity contribution in [1.82, 2.24) is 20.9 Å². The SMILES string of the molecule is CC(C)NC(=O)NC(=O)CN1C(=O)N[C@@](Cc2ccccc2)(c2ccccc2)C1=O. The highest BCUT2D eigenvalue weighted by molar-refractivity contribution is 6.10. The van der Waals surface area contributed by atoms with Gasteiger partial charge in [-0.2, -0.15) is 0 Å². The fourth-order valence-electron chi connectivity index (χ4n) is 3.42. The van der Waals surface area contributed by atoms with E-state index >= 15 is 0 Å². The van der Waals surface area contributed by atoms with E-state index in [9.17, 15) is 19.2 Å². The second kappa shape index (κ2) is 8.77. The third-order valence-electron chi connectivity index (χ3n) is 4.73. The Hall–Kier alpha value is -3.68. The molecule has 0 aliphatic carbocycles. The minimum absolute atomic E-state index is 0.161. The molecule has 30 heavy (non-hydrogen) atoms. The molecule has 2 aromatic carbocycles. The number of nitrogens with zero attached hydrogens (tertiary/aromatic N) is 1.